The van der Waals surface area contributed by atoms with Crippen LogP contribution in [0.3, 0.4) is 0 Å². The molecule has 0 aliphatic heterocycles. The van der Waals surface area contributed by atoms with E-state index in [1.807, 2.05) is 43.7 Å². The van der Waals surface area contributed by atoms with Gasteiger partial charge in [0.15, 0.2) is 0 Å². The van der Waals surface area contributed by atoms with Gasteiger partial charge in [0.25, 0.3) is 0 Å². The molecule has 3 N–H and O–H groups in total. The quantitative estimate of drug-likeness (QED) is 0.458. The maximum Gasteiger partial charge on any atom is 0.243 e. The number of amides is 1. The van der Waals surface area contributed by atoms with Crippen LogP contribution < -0.4 is 11.3 Å². The van der Waals surface area contributed by atoms with Gasteiger partial charge in [0.1, 0.15) is 0 Å². The Balaban J connectivity index is 2.53. The van der Waals surface area contributed by atoms with Crippen LogP contribution in [0.4, 0.5) is 0 Å². The standard InChI is InChI=1S/C12H16N4O/c1-12(2,11(17)15-13)8-4-5-10-9(6-8)14-7-16(10)3/h4-7H,13H2,1-3H3,(H,15,17). The highest BCUT2D eigenvalue weighted by Gasteiger charge is 2.29. The molecule has 0 bridgehead atoms. The molecule has 90 valence electrons. The third-order valence-electron chi connectivity index (χ3n) is 3.15. The summed E-state index contributed by atoms with van der Waals surface area (Å²) in [5.74, 6) is 4.98. The van der Waals surface area contributed by atoms with Gasteiger partial charge in [-0.05, 0) is 31.5 Å². The molecule has 2 aromatic rings. The van der Waals surface area contributed by atoms with Gasteiger partial charge in [-0.1, -0.05) is 6.07 Å². The Morgan fingerprint density at radius 1 is 1.47 bits per heavy atom. The van der Waals surface area contributed by atoms with E-state index in [2.05, 4.69) is 10.4 Å². The molecule has 5 heteroatoms. The van der Waals surface area contributed by atoms with Crippen LogP contribution in [-0.4, -0.2) is 15.5 Å². The fourth-order valence-electron chi connectivity index (χ4n) is 1.84. The molecule has 1 amide bonds. The first-order valence-electron chi connectivity index (χ1n) is 5.39. The van der Waals surface area contributed by atoms with E-state index >= 15 is 0 Å². The minimum absolute atomic E-state index is 0.215. The second-order valence-electron chi connectivity index (χ2n) is 4.66. The van der Waals surface area contributed by atoms with Gasteiger partial charge >= 0.3 is 0 Å². The Morgan fingerprint density at radius 2 is 2.18 bits per heavy atom. The number of hydrazine groups is 1. The van der Waals surface area contributed by atoms with Gasteiger partial charge in [0, 0.05) is 7.05 Å². The highest BCUT2D eigenvalue weighted by atomic mass is 16.2. The van der Waals surface area contributed by atoms with Crippen molar-refractivity contribution in [1.29, 1.82) is 0 Å². The van der Waals surface area contributed by atoms with E-state index in [9.17, 15) is 4.79 Å². The molecule has 1 aromatic carbocycles. The first kappa shape index (κ1) is 11.6. The molecular weight excluding hydrogens is 216 g/mol. The Morgan fingerprint density at radius 3 is 2.82 bits per heavy atom. The lowest BCUT2D eigenvalue weighted by atomic mass is 9.84. The topological polar surface area (TPSA) is 72.9 Å². The van der Waals surface area contributed by atoms with Gasteiger partial charge in [0.05, 0.1) is 22.8 Å². The molecule has 0 unspecified atom stereocenters. The number of carbonyl (C=O) groups is 1. The monoisotopic (exact) mass is 232 g/mol. The van der Waals surface area contributed by atoms with E-state index < -0.39 is 5.41 Å². The average Bonchev–Trinajstić information content (AvgIpc) is 2.69. The molecule has 0 saturated carbocycles. The van der Waals surface area contributed by atoms with Gasteiger partial charge in [-0.25, -0.2) is 10.8 Å². The fraction of sp³-hybridized carbons (Fsp3) is 0.333. The molecular formula is C12H16N4O. The van der Waals surface area contributed by atoms with E-state index in [0.717, 1.165) is 16.6 Å². The summed E-state index contributed by atoms with van der Waals surface area (Å²) < 4.78 is 1.94. The first-order valence-corrected chi connectivity index (χ1v) is 5.39. The lowest BCUT2D eigenvalue weighted by molar-refractivity contribution is -0.125. The Kier molecular flexibility index (Phi) is 2.63. The van der Waals surface area contributed by atoms with Crippen molar-refractivity contribution in [2.24, 2.45) is 12.9 Å². The van der Waals surface area contributed by atoms with Crippen LogP contribution in [0.1, 0.15) is 19.4 Å². The second kappa shape index (κ2) is 3.85. The average molecular weight is 232 g/mol. The van der Waals surface area contributed by atoms with Crippen LogP contribution in [0.5, 0.6) is 0 Å². The molecule has 0 atom stereocenters. The minimum atomic E-state index is -0.666. The van der Waals surface area contributed by atoms with E-state index in [1.165, 1.54) is 0 Å². The number of nitrogens with two attached hydrogens (primary N) is 1. The Bertz CT molecular complexity index is 571. The van der Waals surface area contributed by atoms with Gasteiger partial charge in [-0.3, -0.25) is 10.2 Å². The Labute approximate surface area is 99.6 Å². The van der Waals surface area contributed by atoms with Crippen molar-refractivity contribution in [2.75, 3.05) is 0 Å². The second-order valence-corrected chi connectivity index (χ2v) is 4.66. The van der Waals surface area contributed by atoms with Gasteiger partial charge < -0.3 is 4.57 Å². The van der Waals surface area contributed by atoms with Crippen molar-refractivity contribution in [3.8, 4) is 0 Å². The molecule has 5 nitrogen and oxygen atoms in total. The van der Waals surface area contributed by atoms with Crippen molar-refractivity contribution in [3.05, 3.63) is 30.1 Å². The van der Waals surface area contributed by atoms with E-state index in [0.29, 0.717) is 0 Å². The summed E-state index contributed by atoms with van der Waals surface area (Å²) in [6.45, 7) is 3.67. The SMILES string of the molecule is Cn1cnc2cc(C(C)(C)C(=O)NN)ccc21. The van der Waals surface area contributed by atoms with Gasteiger partial charge in [0.2, 0.25) is 5.91 Å². The number of nitrogens with one attached hydrogen (secondary N) is 1. The number of nitrogens with zero attached hydrogens (tertiary/aromatic N) is 2. The normalized spacial score (nSPS) is 11.8. The maximum atomic E-state index is 11.7. The zero-order chi connectivity index (χ0) is 12.6. The van der Waals surface area contributed by atoms with Crippen LogP contribution >= 0.6 is 0 Å². The number of hydrogen-bond acceptors (Lipinski definition) is 3. The molecule has 1 aromatic heterocycles. The minimum Gasteiger partial charge on any atom is -0.334 e. The number of imidazole rings is 1. The third-order valence-corrected chi connectivity index (χ3v) is 3.15. The molecule has 1 heterocycles. The maximum absolute atomic E-state index is 11.7. The predicted molar refractivity (Wildman–Crippen MR) is 66.1 cm³/mol. The highest BCUT2D eigenvalue weighted by Crippen LogP contribution is 2.26. The van der Waals surface area contributed by atoms with Crippen LogP contribution in [0.2, 0.25) is 0 Å². The summed E-state index contributed by atoms with van der Waals surface area (Å²) in [4.78, 5) is 16.0. The number of hydrogen-bond donors (Lipinski definition) is 2. The fourth-order valence-corrected chi connectivity index (χ4v) is 1.84. The summed E-state index contributed by atoms with van der Waals surface area (Å²) in [5, 5.41) is 0. The summed E-state index contributed by atoms with van der Waals surface area (Å²) in [5.41, 5.74) is 4.34. The summed E-state index contributed by atoms with van der Waals surface area (Å²) >= 11 is 0. The van der Waals surface area contributed by atoms with E-state index in [4.69, 9.17) is 5.84 Å². The van der Waals surface area contributed by atoms with Gasteiger partial charge in [-0.2, -0.15) is 0 Å². The molecule has 17 heavy (non-hydrogen) atoms. The van der Waals surface area contributed by atoms with Crippen molar-refractivity contribution in [2.45, 2.75) is 19.3 Å². The van der Waals surface area contributed by atoms with Crippen LogP contribution in [0.15, 0.2) is 24.5 Å². The van der Waals surface area contributed by atoms with Crippen molar-refractivity contribution >= 4 is 16.9 Å². The summed E-state index contributed by atoms with van der Waals surface area (Å²) in [6.07, 6.45) is 1.75. The number of rotatable bonds is 2. The number of aryl methyl sites for hydroxylation is 1. The smallest absolute Gasteiger partial charge is 0.243 e. The molecule has 0 aliphatic rings. The first-order chi connectivity index (χ1) is 7.96. The number of fused-ring (bicyclic) bond motifs is 1. The van der Waals surface area contributed by atoms with E-state index in [1.54, 1.807) is 6.33 Å². The highest BCUT2D eigenvalue weighted by molar-refractivity contribution is 5.88. The van der Waals surface area contributed by atoms with Crippen molar-refractivity contribution in [1.82, 2.24) is 15.0 Å². The van der Waals surface area contributed by atoms with Gasteiger partial charge in [-0.15, -0.1) is 0 Å². The Hall–Kier alpha value is -1.88. The summed E-state index contributed by atoms with van der Waals surface area (Å²) in [6, 6.07) is 5.81. The van der Waals surface area contributed by atoms with Crippen LogP contribution in [0.25, 0.3) is 11.0 Å². The molecule has 0 spiro atoms. The molecule has 2 rings (SSSR count). The summed E-state index contributed by atoms with van der Waals surface area (Å²) in [7, 11) is 1.94. The van der Waals surface area contributed by atoms with Crippen LogP contribution in [-0.2, 0) is 17.3 Å². The molecule has 0 saturated heterocycles. The van der Waals surface area contributed by atoms with E-state index in [-0.39, 0.29) is 5.91 Å². The van der Waals surface area contributed by atoms with Crippen molar-refractivity contribution in [3.63, 3.8) is 0 Å². The zero-order valence-corrected chi connectivity index (χ0v) is 10.2. The largest absolute Gasteiger partial charge is 0.334 e. The lowest BCUT2D eigenvalue weighted by Gasteiger charge is -2.22. The molecule has 0 aliphatic carbocycles. The van der Waals surface area contributed by atoms with Crippen LogP contribution in [0, 0.1) is 0 Å². The number of carbonyl (C=O) groups excluding carboxylic acids is 1. The lowest BCUT2D eigenvalue weighted by Crippen LogP contribution is -2.43. The van der Waals surface area contributed by atoms with Crippen molar-refractivity contribution < 1.29 is 4.79 Å². The zero-order valence-electron chi connectivity index (χ0n) is 10.2. The predicted octanol–water partition coefficient (Wildman–Crippen LogP) is 0.841. The number of aromatic nitrogens is 2. The number of benzene rings is 1. The molecule has 0 fully saturated rings. The third kappa shape index (κ3) is 1.78. The molecule has 0 radical (unpaired) electrons.